The Morgan fingerprint density at radius 2 is 1.74 bits per heavy atom. The van der Waals surface area contributed by atoms with Gasteiger partial charge in [-0.3, -0.25) is 4.79 Å². The van der Waals surface area contributed by atoms with Gasteiger partial charge in [-0.25, -0.2) is 0 Å². The fourth-order valence-corrected chi connectivity index (χ4v) is 4.71. The predicted molar refractivity (Wildman–Crippen MR) is 125 cm³/mol. The van der Waals surface area contributed by atoms with Crippen LogP contribution in [-0.2, 0) is 0 Å². The van der Waals surface area contributed by atoms with Crippen LogP contribution in [0.15, 0.2) is 48.5 Å². The van der Waals surface area contributed by atoms with Gasteiger partial charge in [-0.1, -0.05) is 19.1 Å². The number of amides is 1. The van der Waals surface area contributed by atoms with Crippen LogP contribution in [0.3, 0.4) is 0 Å². The molecule has 0 saturated heterocycles. The van der Waals surface area contributed by atoms with E-state index in [0.717, 1.165) is 37.8 Å². The number of alkyl halides is 3. The van der Waals surface area contributed by atoms with Crippen molar-refractivity contribution in [1.29, 1.82) is 5.26 Å². The first-order valence-corrected chi connectivity index (χ1v) is 12.0. The number of nitriles is 1. The highest BCUT2D eigenvalue weighted by atomic mass is 19.4. The Kier molecular flexibility index (Phi) is 7.16. The van der Waals surface area contributed by atoms with Crippen LogP contribution >= 0.6 is 0 Å². The number of halogens is 3. The molecule has 1 unspecified atom stereocenters. The molecule has 0 radical (unpaired) electrons. The van der Waals surface area contributed by atoms with Gasteiger partial charge in [-0.15, -0.1) is 0 Å². The minimum absolute atomic E-state index is 0.0268. The first-order chi connectivity index (χ1) is 16.3. The summed E-state index contributed by atoms with van der Waals surface area (Å²) in [5.74, 6) is -1.12. The van der Waals surface area contributed by atoms with Crippen LogP contribution in [0.2, 0.25) is 0 Å². The second-order valence-corrected chi connectivity index (χ2v) is 9.38. The molecule has 0 heterocycles. The van der Waals surface area contributed by atoms with Crippen molar-refractivity contribution < 1.29 is 18.0 Å². The van der Waals surface area contributed by atoms with Crippen LogP contribution in [-0.4, -0.2) is 35.6 Å². The highest BCUT2D eigenvalue weighted by Gasteiger charge is 2.44. The molecule has 4 nitrogen and oxygen atoms in total. The van der Waals surface area contributed by atoms with Crippen molar-refractivity contribution in [3.63, 3.8) is 0 Å². The number of rotatable bonds is 10. The fourth-order valence-electron chi connectivity index (χ4n) is 4.71. The molecule has 34 heavy (non-hydrogen) atoms. The predicted octanol–water partition coefficient (Wildman–Crippen LogP) is 6.50. The van der Waals surface area contributed by atoms with Gasteiger partial charge in [0.2, 0.25) is 0 Å². The third-order valence-electron chi connectivity index (χ3n) is 6.84. The minimum Gasteiger partial charge on any atom is -0.385 e. The first kappa shape index (κ1) is 24.1. The molecular formula is C27H30F3N3O. The summed E-state index contributed by atoms with van der Waals surface area (Å²) >= 11 is 0. The Morgan fingerprint density at radius 3 is 2.24 bits per heavy atom. The molecule has 0 spiro atoms. The lowest BCUT2D eigenvalue weighted by Crippen LogP contribution is -2.44. The number of hydrogen-bond donors (Lipinski definition) is 1. The largest absolute Gasteiger partial charge is 0.395 e. The van der Waals surface area contributed by atoms with Gasteiger partial charge in [-0.2, -0.15) is 18.4 Å². The number of anilines is 1. The minimum atomic E-state index is -4.29. The molecule has 0 aliphatic heterocycles. The number of carbonyl (C=O) groups is 1. The highest BCUT2D eigenvalue weighted by molar-refractivity contribution is 5.95. The standard InChI is InChI=1S/C27H30F3N3O/c1-2-24(27(28,29)30)19-5-9-21(10-6-19)26(34)33(23-13-14-23)25(20-7-8-20)15-16-32-22-11-3-18(17-31)4-12-22/h3-6,9-12,20,23-25,32H,2,7-8,13-16H2,1H3/t24-,25?/m1/s1. The Bertz CT molecular complexity index is 1020. The SMILES string of the molecule is CC[C@H](c1ccc(C(=O)N(C2CC2)C(CCNc2ccc(C#N)cc2)C2CC2)cc1)C(F)(F)F. The number of hydrogen-bond acceptors (Lipinski definition) is 3. The van der Waals surface area contributed by atoms with E-state index < -0.39 is 12.1 Å². The van der Waals surface area contributed by atoms with Crippen molar-refractivity contribution in [2.24, 2.45) is 5.92 Å². The summed E-state index contributed by atoms with van der Waals surface area (Å²) < 4.78 is 39.9. The summed E-state index contributed by atoms with van der Waals surface area (Å²) in [7, 11) is 0. The Labute approximate surface area is 198 Å². The lowest BCUT2D eigenvalue weighted by molar-refractivity contribution is -0.151. The zero-order valence-corrected chi connectivity index (χ0v) is 19.3. The van der Waals surface area contributed by atoms with Gasteiger partial charge in [0, 0.05) is 29.9 Å². The molecule has 7 heteroatoms. The molecule has 0 bridgehead atoms. The van der Waals surface area contributed by atoms with Gasteiger partial charge in [0.15, 0.2) is 0 Å². The molecule has 180 valence electrons. The van der Waals surface area contributed by atoms with Crippen molar-refractivity contribution in [1.82, 2.24) is 4.90 Å². The van der Waals surface area contributed by atoms with Crippen LogP contribution in [0.5, 0.6) is 0 Å². The monoisotopic (exact) mass is 469 g/mol. The van der Waals surface area contributed by atoms with Crippen molar-refractivity contribution in [3.05, 3.63) is 65.2 Å². The molecule has 2 fully saturated rings. The third kappa shape index (κ3) is 5.72. The summed E-state index contributed by atoms with van der Waals surface area (Å²) in [5.41, 5.74) is 2.20. The zero-order chi connectivity index (χ0) is 24.3. The van der Waals surface area contributed by atoms with Gasteiger partial charge >= 0.3 is 6.18 Å². The van der Waals surface area contributed by atoms with Gasteiger partial charge in [-0.05, 0) is 86.4 Å². The maximum Gasteiger partial charge on any atom is 0.395 e. The van der Waals surface area contributed by atoms with E-state index in [0.29, 0.717) is 23.6 Å². The first-order valence-electron chi connectivity index (χ1n) is 12.0. The average molecular weight is 470 g/mol. The van der Waals surface area contributed by atoms with E-state index in [4.69, 9.17) is 5.26 Å². The van der Waals surface area contributed by atoms with Crippen molar-refractivity contribution in [2.45, 2.75) is 69.6 Å². The number of nitrogens with zero attached hydrogens (tertiary/aromatic N) is 2. The topological polar surface area (TPSA) is 56.1 Å². The van der Waals surface area contributed by atoms with Gasteiger partial charge in [0.1, 0.15) is 0 Å². The second kappa shape index (κ2) is 10.1. The van der Waals surface area contributed by atoms with E-state index in [-0.39, 0.29) is 30.0 Å². The Hall–Kier alpha value is -3.01. The average Bonchev–Trinajstić information content (AvgIpc) is 3.73. The van der Waals surface area contributed by atoms with Gasteiger partial charge in [0.25, 0.3) is 5.91 Å². The number of nitrogens with one attached hydrogen (secondary N) is 1. The fraction of sp³-hybridized carbons (Fsp3) is 0.481. The summed E-state index contributed by atoms with van der Waals surface area (Å²) in [6, 6.07) is 15.8. The summed E-state index contributed by atoms with van der Waals surface area (Å²) in [6.45, 7) is 2.23. The van der Waals surface area contributed by atoms with Crippen LogP contribution in [0.25, 0.3) is 0 Å². The van der Waals surface area contributed by atoms with Gasteiger partial charge in [0.05, 0.1) is 17.6 Å². The van der Waals surface area contributed by atoms with E-state index in [1.807, 2.05) is 17.0 Å². The van der Waals surface area contributed by atoms with E-state index in [2.05, 4.69) is 11.4 Å². The van der Waals surface area contributed by atoms with Crippen molar-refractivity contribution in [2.75, 3.05) is 11.9 Å². The van der Waals surface area contributed by atoms with Crippen LogP contribution in [0.4, 0.5) is 18.9 Å². The molecule has 2 aliphatic carbocycles. The molecule has 4 rings (SSSR count). The molecule has 2 aliphatic rings. The zero-order valence-electron chi connectivity index (χ0n) is 19.3. The van der Waals surface area contributed by atoms with Crippen LogP contribution < -0.4 is 5.32 Å². The molecular weight excluding hydrogens is 439 g/mol. The summed E-state index contributed by atoms with van der Waals surface area (Å²) in [6.07, 6.45) is 0.628. The normalized spacial score (nSPS) is 17.5. The number of carbonyl (C=O) groups excluding carboxylic acids is 1. The third-order valence-corrected chi connectivity index (χ3v) is 6.84. The quantitative estimate of drug-likeness (QED) is 0.432. The molecule has 1 N–H and O–H groups in total. The summed E-state index contributed by atoms with van der Waals surface area (Å²) in [4.78, 5) is 15.5. The second-order valence-electron chi connectivity index (χ2n) is 9.38. The molecule has 0 aromatic heterocycles. The molecule has 2 atom stereocenters. The molecule has 2 aromatic rings. The van der Waals surface area contributed by atoms with E-state index in [9.17, 15) is 18.0 Å². The van der Waals surface area contributed by atoms with E-state index in [1.54, 1.807) is 24.3 Å². The lowest BCUT2D eigenvalue weighted by Gasteiger charge is -2.33. The maximum atomic E-state index is 13.5. The molecule has 1 amide bonds. The molecule has 2 saturated carbocycles. The van der Waals surface area contributed by atoms with Crippen molar-refractivity contribution in [3.8, 4) is 6.07 Å². The van der Waals surface area contributed by atoms with Crippen LogP contribution in [0, 0.1) is 17.2 Å². The maximum absolute atomic E-state index is 13.5. The van der Waals surface area contributed by atoms with E-state index >= 15 is 0 Å². The summed E-state index contributed by atoms with van der Waals surface area (Å²) in [5, 5.41) is 12.3. The van der Waals surface area contributed by atoms with Crippen LogP contribution in [0.1, 0.15) is 72.9 Å². The van der Waals surface area contributed by atoms with Gasteiger partial charge < -0.3 is 10.2 Å². The van der Waals surface area contributed by atoms with E-state index in [1.165, 1.54) is 19.1 Å². The lowest BCUT2D eigenvalue weighted by atomic mass is 9.94. The highest BCUT2D eigenvalue weighted by Crippen LogP contribution is 2.42. The Balaban J connectivity index is 1.45. The Morgan fingerprint density at radius 1 is 1.09 bits per heavy atom. The molecule has 2 aromatic carbocycles. The van der Waals surface area contributed by atoms with Crippen molar-refractivity contribution >= 4 is 11.6 Å². The smallest absolute Gasteiger partial charge is 0.385 e. The number of benzene rings is 2.